The molecule has 1 aliphatic rings. The van der Waals surface area contributed by atoms with Crippen LogP contribution < -0.4 is 0 Å². The van der Waals surface area contributed by atoms with E-state index < -0.39 is 0 Å². The first-order valence-corrected chi connectivity index (χ1v) is 7.44. The molecule has 1 aliphatic heterocycles. The van der Waals surface area contributed by atoms with E-state index in [-0.39, 0.29) is 5.91 Å². The Balaban J connectivity index is 1.65. The highest BCUT2D eigenvalue weighted by atomic mass is 16.2. The van der Waals surface area contributed by atoms with Crippen LogP contribution in [0.2, 0.25) is 0 Å². The fourth-order valence-corrected chi connectivity index (χ4v) is 2.98. The summed E-state index contributed by atoms with van der Waals surface area (Å²) in [6.45, 7) is 0.858. The second kappa shape index (κ2) is 6.08. The maximum Gasteiger partial charge on any atom is 0.254 e. The fourth-order valence-electron chi connectivity index (χ4n) is 2.98. The van der Waals surface area contributed by atoms with Crippen LogP contribution >= 0.6 is 0 Å². The summed E-state index contributed by atoms with van der Waals surface area (Å²) in [5, 5.41) is 8.02. The quantitative estimate of drug-likeness (QED) is 0.863. The van der Waals surface area contributed by atoms with E-state index in [1.165, 1.54) is 0 Å². The molecule has 1 unspecified atom stereocenters. The molecule has 0 aliphatic carbocycles. The van der Waals surface area contributed by atoms with Gasteiger partial charge in [0.25, 0.3) is 5.91 Å². The van der Waals surface area contributed by atoms with Gasteiger partial charge in [0.2, 0.25) is 0 Å². The maximum atomic E-state index is 12.6. The van der Waals surface area contributed by atoms with Gasteiger partial charge in [-0.05, 0) is 31.4 Å². The van der Waals surface area contributed by atoms with Gasteiger partial charge in [-0.2, -0.15) is 0 Å². The van der Waals surface area contributed by atoms with E-state index in [9.17, 15) is 4.79 Å². The Labute approximate surface area is 124 Å². The van der Waals surface area contributed by atoms with Crippen molar-refractivity contribution in [2.24, 2.45) is 7.05 Å². The Morgan fingerprint density at radius 1 is 1.33 bits per heavy atom. The van der Waals surface area contributed by atoms with Gasteiger partial charge >= 0.3 is 0 Å². The number of aryl methyl sites for hydroxylation is 2. The van der Waals surface area contributed by atoms with E-state index in [0.717, 1.165) is 43.6 Å². The van der Waals surface area contributed by atoms with E-state index in [0.29, 0.717) is 6.04 Å². The SMILES string of the molecule is Cn1cnnc1CCC1CCCN1C(=O)c1ccccc1. The molecule has 0 N–H and O–H groups in total. The number of aromatic nitrogens is 3. The van der Waals surface area contributed by atoms with Crippen LogP contribution in [0.25, 0.3) is 0 Å². The van der Waals surface area contributed by atoms with Crippen LogP contribution in [0.4, 0.5) is 0 Å². The molecule has 0 bridgehead atoms. The van der Waals surface area contributed by atoms with Crippen molar-refractivity contribution in [3.8, 4) is 0 Å². The summed E-state index contributed by atoms with van der Waals surface area (Å²) in [5.41, 5.74) is 0.781. The molecule has 0 radical (unpaired) electrons. The summed E-state index contributed by atoms with van der Waals surface area (Å²) in [6.07, 6.45) is 5.69. The molecular weight excluding hydrogens is 264 g/mol. The topological polar surface area (TPSA) is 51.0 Å². The average molecular weight is 284 g/mol. The van der Waals surface area contributed by atoms with Gasteiger partial charge < -0.3 is 9.47 Å². The van der Waals surface area contributed by atoms with Crippen molar-refractivity contribution in [1.29, 1.82) is 0 Å². The van der Waals surface area contributed by atoms with Crippen LogP contribution in [-0.2, 0) is 13.5 Å². The molecule has 1 atom stereocenters. The Bertz CT molecular complexity index is 608. The minimum atomic E-state index is 0.149. The standard InChI is InChI=1S/C16H20N4O/c1-19-12-17-18-15(19)10-9-14-8-5-11-20(14)16(21)13-6-3-2-4-7-13/h2-4,6-7,12,14H,5,8-11H2,1H3. The highest BCUT2D eigenvalue weighted by molar-refractivity contribution is 5.94. The zero-order valence-corrected chi connectivity index (χ0v) is 12.3. The molecular formula is C16H20N4O. The normalized spacial score (nSPS) is 18.1. The average Bonchev–Trinajstić information content (AvgIpc) is 3.14. The number of benzene rings is 1. The van der Waals surface area contributed by atoms with Crippen LogP contribution in [-0.4, -0.2) is 38.2 Å². The molecule has 2 heterocycles. The van der Waals surface area contributed by atoms with Crippen molar-refractivity contribution in [2.75, 3.05) is 6.54 Å². The Morgan fingerprint density at radius 2 is 2.14 bits per heavy atom. The molecule has 1 saturated heterocycles. The minimum absolute atomic E-state index is 0.149. The number of nitrogens with zero attached hydrogens (tertiary/aromatic N) is 4. The molecule has 1 aromatic heterocycles. The lowest BCUT2D eigenvalue weighted by atomic mass is 10.1. The maximum absolute atomic E-state index is 12.6. The van der Waals surface area contributed by atoms with Crippen molar-refractivity contribution in [2.45, 2.75) is 31.7 Å². The van der Waals surface area contributed by atoms with E-state index in [1.807, 2.05) is 46.8 Å². The minimum Gasteiger partial charge on any atom is -0.336 e. The Morgan fingerprint density at radius 3 is 2.86 bits per heavy atom. The first kappa shape index (κ1) is 13.8. The van der Waals surface area contributed by atoms with Crippen LogP contribution in [0.3, 0.4) is 0 Å². The third-order valence-electron chi connectivity index (χ3n) is 4.17. The van der Waals surface area contributed by atoms with Gasteiger partial charge in [-0.25, -0.2) is 0 Å². The third-order valence-corrected chi connectivity index (χ3v) is 4.17. The molecule has 0 saturated carbocycles. The van der Waals surface area contributed by atoms with Crippen LogP contribution in [0, 0.1) is 0 Å². The van der Waals surface area contributed by atoms with Gasteiger partial charge in [0.05, 0.1) is 0 Å². The molecule has 5 heteroatoms. The summed E-state index contributed by atoms with van der Waals surface area (Å²) in [4.78, 5) is 14.6. The van der Waals surface area contributed by atoms with Crippen molar-refractivity contribution in [3.63, 3.8) is 0 Å². The molecule has 0 spiro atoms. The van der Waals surface area contributed by atoms with Crippen molar-refractivity contribution >= 4 is 5.91 Å². The van der Waals surface area contributed by atoms with Crippen LogP contribution in [0.5, 0.6) is 0 Å². The van der Waals surface area contributed by atoms with E-state index >= 15 is 0 Å². The predicted octanol–water partition coefficient (Wildman–Crippen LogP) is 2.05. The largest absolute Gasteiger partial charge is 0.336 e. The van der Waals surface area contributed by atoms with E-state index in [2.05, 4.69) is 10.2 Å². The molecule has 1 amide bonds. The first-order valence-electron chi connectivity index (χ1n) is 7.44. The Hall–Kier alpha value is -2.17. The second-order valence-corrected chi connectivity index (χ2v) is 5.56. The number of likely N-dealkylation sites (tertiary alicyclic amines) is 1. The zero-order valence-electron chi connectivity index (χ0n) is 12.3. The Kier molecular flexibility index (Phi) is 3.99. The molecule has 1 aromatic carbocycles. The van der Waals surface area contributed by atoms with Crippen molar-refractivity contribution in [3.05, 3.63) is 48.0 Å². The zero-order chi connectivity index (χ0) is 14.7. The van der Waals surface area contributed by atoms with Gasteiger partial charge in [0, 0.05) is 31.6 Å². The van der Waals surface area contributed by atoms with E-state index in [4.69, 9.17) is 0 Å². The number of carbonyl (C=O) groups excluding carboxylic acids is 1. The monoisotopic (exact) mass is 284 g/mol. The number of hydrogen-bond donors (Lipinski definition) is 0. The lowest BCUT2D eigenvalue weighted by Gasteiger charge is -2.24. The van der Waals surface area contributed by atoms with Gasteiger partial charge in [0.1, 0.15) is 12.2 Å². The number of amides is 1. The number of rotatable bonds is 4. The number of hydrogen-bond acceptors (Lipinski definition) is 3. The van der Waals surface area contributed by atoms with Gasteiger partial charge in [-0.15, -0.1) is 10.2 Å². The third kappa shape index (κ3) is 2.96. The summed E-state index contributed by atoms with van der Waals surface area (Å²) < 4.78 is 1.94. The van der Waals surface area contributed by atoms with Crippen LogP contribution in [0.1, 0.15) is 35.4 Å². The second-order valence-electron chi connectivity index (χ2n) is 5.56. The van der Waals surface area contributed by atoms with E-state index in [1.54, 1.807) is 6.33 Å². The molecule has 3 rings (SSSR count). The molecule has 110 valence electrons. The van der Waals surface area contributed by atoms with Crippen molar-refractivity contribution in [1.82, 2.24) is 19.7 Å². The first-order chi connectivity index (χ1) is 10.3. The molecule has 21 heavy (non-hydrogen) atoms. The van der Waals surface area contributed by atoms with Crippen LogP contribution in [0.15, 0.2) is 36.7 Å². The van der Waals surface area contributed by atoms with Crippen molar-refractivity contribution < 1.29 is 4.79 Å². The highest BCUT2D eigenvalue weighted by Crippen LogP contribution is 2.23. The fraction of sp³-hybridized carbons (Fsp3) is 0.438. The lowest BCUT2D eigenvalue weighted by Crippen LogP contribution is -2.35. The summed E-state index contributed by atoms with van der Waals surface area (Å²) in [5.74, 6) is 1.13. The summed E-state index contributed by atoms with van der Waals surface area (Å²) in [6, 6.07) is 9.86. The number of carbonyl (C=O) groups is 1. The highest BCUT2D eigenvalue weighted by Gasteiger charge is 2.29. The van der Waals surface area contributed by atoms with Gasteiger partial charge in [0.15, 0.2) is 0 Å². The molecule has 2 aromatic rings. The molecule has 5 nitrogen and oxygen atoms in total. The smallest absolute Gasteiger partial charge is 0.254 e. The van der Waals surface area contributed by atoms with Gasteiger partial charge in [-0.1, -0.05) is 18.2 Å². The molecule has 1 fully saturated rings. The predicted molar refractivity (Wildman–Crippen MR) is 79.8 cm³/mol. The summed E-state index contributed by atoms with van der Waals surface area (Å²) >= 11 is 0. The summed E-state index contributed by atoms with van der Waals surface area (Å²) in [7, 11) is 1.96. The lowest BCUT2D eigenvalue weighted by molar-refractivity contribution is 0.0730. The van der Waals surface area contributed by atoms with Gasteiger partial charge in [-0.3, -0.25) is 4.79 Å².